The zero-order chi connectivity index (χ0) is 21.1. The number of nitrogens with zero attached hydrogens (tertiary/aromatic N) is 3. The van der Waals surface area contributed by atoms with E-state index in [1.54, 1.807) is 26.4 Å². The van der Waals surface area contributed by atoms with E-state index in [0.29, 0.717) is 34.9 Å². The zero-order valence-corrected chi connectivity index (χ0v) is 16.5. The Labute approximate surface area is 172 Å². The Balaban J connectivity index is 1.71. The van der Waals surface area contributed by atoms with Crippen molar-refractivity contribution in [2.75, 3.05) is 25.3 Å². The van der Waals surface area contributed by atoms with Gasteiger partial charge in [0.15, 0.2) is 17.3 Å². The summed E-state index contributed by atoms with van der Waals surface area (Å²) in [6.07, 6.45) is 0. The molecule has 4 rings (SSSR count). The summed E-state index contributed by atoms with van der Waals surface area (Å²) in [4.78, 5) is 13.3. The maximum absolute atomic E-state index is 13.1. The van der Waals surface area contributed by atoms with Crippen LogP contribution in [-0.2, 0) is 6.54 Å². The van der Waals surface area contributed by atoms with E-state index in [9.17, 15) is 4.39 Å². The molecule has 0 aliphatic carbocycles. The van der Waals surface area contributed by atoms with Crippen molar-refractivity contribution in [2.24, 2.45) is 0 Å². The molecule has 2 aromatic heterocycles. The molecular formula is C22H20FN5O2. The topological polar surface area (TPSA) is 95.2 Å². The van der Waals surface area contributed by atoms with Gasteiger partial charge >= 0.3 is 0 Å². The van der Waals surface area contributed by atoms with Crippen molar-refractivity contribution >= 4 is 22.8 Å². The molecule has 0 atom stereocenters. The van der Waals surface area contributed by atoms with E-state index >= 15 is 0 Å². The number of anilines is 2. The van der Waals surface area contributed by atoms with Crippen molar-refractivity contribution in [3.63, 3.8) is 0 Å². The number of nitrogens with one attached hydrogen (secondary N) is 1. The lowest BCUT2D eigenvalue weighted by molar-refractivity contribution is 0.355. The first-order valence-corrected chi connectivity index (χ1v) is 9.22. The third-order valence-electron chi connectivity index (χ3n) is 4.61. The highest BCUT2D eigenvalue weighted by atomic mass is 19.1. The first-order chi connectivity index (χ1) is 14.6. The summed E-state index contributed by atoms with van der Waals surface area (Å²) in [6, 6.07) is 15.5. The van der Waals surface area contributed by atoms with Crippen molar-refractivity contribution in [1.82, 2.24) is 15.0 Å². The molecule has 2 aromatic carbocycles. The summed E-state index contributed by atoms with van der Waals surface area (Å²) in [5, 5.41) is 3.22. The molecule has 30 heavy (non-hydrogen) atoms. The highest BCUT2D eigenvalue weighted by molar-refractivity contribution is 5.88. The number of hydrogen-bond acceptors (Lipinski definition) is 7. The van der Waals surface area contributed by atoms with E-state index in [0.717, 1.165) is 16.8 Å². The number of nitrogens with two attached hydrogens (primary N) is 1. The Morgan fingerprint density at radius 2 is 1.67 bits per heavy atom. The zero-order valence-electron chi connectivity index (χ0n) is 16.5. The Morgan fingerprint density at radius 1 is 0.900 bits per heavy atom. The smallest absolute Gasteiger partial charge is 0.222 e. The number of hydrogen-bond donors (Lipinski definition) is 2. The number of aromatic nitrogens is 3. The highest BCUT2D eigenvalue weighted by Gasteiger charge is 2.12. The van der Waals surface area contributed by atoms with E-state index in [1.807, 2.05) is 30.3 Å². The number of ether oxygens (including phenoxy) is 2. The molecule has 8 heteroatoms. The second kappa shape index (κ2) is 8.20. The number of nitrogen functional groups attached to an aromatic ring is 1. The minimum Gasteiger partial charge on any atom is -0.493 e. The molecule has 0 aliphatic rings. The predicted octanol–water partition coefficient (Wildman–Crippen LogP) is 4.04. The molecule has 152 valence electrons. The Hall–Kier alpha value is -3.94. The van der Waals surface area contributed by atoms with Crippen molar-refractivity contribution in [2.45, 2.75) is 6.54 Å². The molecule has 0 radical (unpaired) electrons. The van der Waals surface area contributed by atoms with E-state index in [1.165, 1.54) is 12.1 Å². The number of benzene rings is 2. The van der Waals surface area contributed by atoms with Gasteiger partial charge in [-0.05, 0) is 48.0 Å². The summed E-state index contributed by atoms with van der Waals surface area (Å²) in [5.74, 6) is 1.62. The van der Waals surface area contributed by atoms with Crippen LogP contribution < -0.4 is 20.5 Å². The predicted molar refractivity (Wildman–Crippen MR) is 114 cm³/mol. The van der Waals surface area contributed by atoms with Crippen LogP contribution in [0, 0.1) is 5.82 Å². The number of fused-ring (bicyclic) bond motifs is 1. The SMILES string of the molecule is COc1ccc(-c2ccc3nc(N)nc(NCc4ccc(F)cc4)c3n2)cc1OC. The largest absolute Gasteiger partial charge is 0.493 e. The van der Waals surface area contributed by atoms with Gasteiger partial charge in [-0.2, -0.15) is 4.98 Å². The monoisotopic (exact) mass is 405 g/mol. The number of methoxy groups -OCH3 is 2. The Morgan fingerprint density at radius 3 is 2.40 bits per heavy atom. The third kappa shape index (κ3) is 3.93. The van der Waals surface area contributed by atoms with Gasteiger partial charge in [-0.1, -0.05) is 12.1 Å². The fourth-order valence-electron chi connectivity index (χ4n) is 3.10. The summed E-state index contributed by atoms with van der Waals surface area (Å²) >= 11 is 0. The van der Waals surface area contributed by atoms with Crippen LogP contribution in [-0.4, -0.2) is 29.2 Å². The molecular weight excluding hydrogens is 385 g/mol. The van der Waals surface area contributed by atoms with E-state index in [-0.39, 0.29) is 11.8 Å². The standard InChI is InChI=1S/C22H20FN5O2/c1-29-18-10-5-14(11-19(18)30-2)16-8-9-17-20(26-16)21(28-22(24)27-17)25-12-13-3-6-15(23)7-4-13/h3-11H,12H2,1-2H3,(H3,24,25,27,28). The summed E-state index contributed by atoms with van der Waals surface area (Å²) < 4.78 is 23.8. The van der Waals surface area contributed by atoms with Gasteiger partial charge in [0.1, 0.15) is 11.3 Å². The molecule has 3 N–H and O–H groups in total. The second-order valence-electron chi connectivity index (χ2n) is 6.54. The van der Waals surface area contributed by atoms with E-state index in [2.05, 4.69) is 15.3 Å². The molecule has 0 saturated carbocycles. The van der Waals surface area contributed by atoms with Crippen molar-refractivity contribution in [1.29, 1.82) is 0 Å². The first kappa shape index (κ1) is 19.4. The molecule has 0 amide bonds. The van der Waals surface area contributed by atoms with Gasteiger partial charge in [-0.3, -0.25) is 0 Å². The lowest BCUT2D eigenvalue weighted by atomic mass is 10.1. The number of pyridine rings is 1. The normalized spacial score (nSPS) is 10.8. The van der Waals surface area contributed by atoms with Gasteiger partial charge in [0.05, 0.1) is 25.4 Å². The molecule has 0 saturated heterocycles. The molecule has 0 spiro atoms. The van der Waals surface area contributed by atoms with Gasteiger partial charge in [0.25, 0.3) is 0 Å². The lowest BCUT2D eigenvalue weighted by Gasteiger charge is -2.12. The first-order valence-electron chi connectivity index (χ1n) is 9.22. The molecule has 4 aromatic rings. The second-order valence-corrected chi connectivity index (χ2v) is 6.54. The van der Waals surface area contributed by atoms with Gasteiger partial charge in [0.2, 0.25) is 5.95 Å². The van der Waals surface area contributed by atoms with Crippen molar-refractivity contribution in [3.05, 3.63) is 66.0 Å². The number of rotatable bonds is 6. The lowest BCUT2D eigenvalue weighted by Crippen LogP contribution is -2.06. The van der Waals surface area contributed by atoms with Gasteiger partial charge in [-0.25, -0.2) is 14.4 Å². The summed E-state index contributed by atoms with van der Waals surface area (Å²) in [6.45, 7) is 0.439. The Bertz CT molecular complexity index is 1200. The molecule has 2 heterocycles. The summed E-state index contributed by atoms with van der Waals surface area (Å²) in [7, 11) is 3.18. The molecule has 7 nitrogen and oxygen atoms in total. The fourth-order valence-corrected chi connectivity index (χ4v) is 3.10. The van der Waals surface area contributed by atoms with Crippen LogP contribution in [0.15, 0.2) is 54.6 Å². The van der Waals surface area contributed by atoms with Crippen LogP contribution in [0.3, 0.4) is 0 Å². The Kier molecular flexibility index (Phi) is 5.30. The average molecular weight is 405 g/mol. The maximum atomic E-state index is 13.1. The molecule has 0 aliphatic heterocycles. The minimum absolute atomic E-state index is 0.143. The van der Waals surface area contributed by atoms with E-state index < -0.39 is 0 Å². The highest BCUT2D eigenvalue weighted by Crippen LogP contribution is 2.32. The fraction of sp³-hybridized carbons (Fsp3) is 0.136. The van der Waals surface area contributed by atoms with Gasteiger partial charge in [-0.15, -0.1) is 0 Å². The van der Waals surface area contributed by atoms with Crippen molar-refractivity contribution in [3.8, 4) is 22.8 Å². The van der Waals surface area contributed by atoms with Crippen LogP contribution in [0.5, 0.6) is 11.5 Å². The van der Waals surface area contributed by atoms with Crippen LogP contribution in [0.25, 0.3) is 22.3 Å². The quantitative estimate of drug-likeness (QED) is 0.500. The molecule has 0 fully saturated rings. The van der Waals surface area contributed by atoms with E-state index in [4.69, 9.17) is 20.2 Å². The van der Waals surface area contributed by atoms with Gasteiger partial charge < -0.3 is 20.5 Å². The average Bonchev–Trinajstić information content (AvgIpc) is 2.77. The summed E-state index contributed by atoms with van der Waals surface area (Å²) in [5.41, 5.74) is 9.55. The molecule has 0 unspecified atom stereocenters. The van der Waals surface area contributed by atoms with Crippen LogP contribution in [0.2, 0.25) is 0 Å². The van der Waals surface area contributed by atoms with Crippen LogP contribution in [0.1, 0.15) is 5.56 Å². The molecule has 0 bridgehead atoms. The van der Waals surface area contributed by atoms with Gasteiger partial charge in [0, 0.05) is 12.1 Å². The number of halogens is 1. The third-order valence-corrected chi connectivity index (χ3v) is 4.61. The van der Waals surface area contributed by atoms with Crippen LogP contribution >= 0.6 is 0 Å². The minimum atomic E-state index is -0.281. The van der Waals surface area contributed by atoms with Crippen LogP contribution in [0.4, 0.5) is 16.2 Å². The van der Waals surface area contributed by atoms with Crippen molar-refractivity contribution < 1.29 is 13.9 Å². The maximum Gasteiger partial charge on any atom is 0.222 e.